The summed E-state index contributed by atoms with van der Waals surface area (Å²) in [4.78, 5) is 42.4. The van der Waals surface area contributed by atoms with Gasteiger partial charge in [-0.1, -0.05) is 0 Å². The van der Waals surface area contributed by atoms with E-state index < -0.39 is 42.1 Å². The van der Waals surface area contributed by atoms with E-state index in [1.54, 1.807) is 0 Å². The molecule has 0 aliphatic heterocycles. The third-order valence-corrected chi connectivity index (χ3v) is 1.90. The minimum atomic E-state index is -2.24. The first-order valence-corrected chi connectivity index (χ1v) is 4.12. The van der Waals surface area contributed by atoms with E-state index in [1.807, 2.05) is 0 Å². The number of carbonyl (C=O) groups excluding carboxylic acids is 1. The van der Waals surface area contributed by atoms with Crippen LogP contribution < -0.4 is 0 Å². The molecule has 0 spiro atoms. The Balaban J connectivity index is 5.00. The molecule has 16 heavy (non-hydrogen) atoms. The molecule has 0 aromatic heterocycles. The van der Waals surface area contributed by atoms with E-state index in [-0.39, 0.29) is 0 Å². The summed E-state index contributed by atoms with van der Waals surface area (Å²) in [5.41, 5.74) is 0. The predicted octanol–water partition coefficient (Wildman–Crippen LogP) is -0.440. The Morgan fingerprint density at radius 3 is 1.69 bits per heavy atom. The Hall–Kier alpha value is -1.83. The molecule has 0 rings (SSSR count). The zero-order chi connectivity index (χ0) is 12.9. The van der Waals surface area contributed by atoms with Crippen molar-refractivity contribution in [3.05, 3.63) is 0 Å². The summed E-state index contributed by atoms with van der Waals surface area (Å²) >= 11 is 4.63. The molecule has 8 nitrogen and oxygen atoms in total. The first-order valence-electron chi connectivity index (χ1n) is 3.81. The average Bonchev–Trinajstić information content (AvgIpc) is 2.14. The molecule has 0 aromatic rings. The molecule has 0 radical (unpaired) electrons. The molecule has 1 unspecified atom stereocenters. The van der Waals surface area contributed by atoms with Crippen molar-refractivity contribution in [2.24, 2.45) is 11.8 Å². The lowest BCUT2D eigenvalue weighted by Gasteiger charge is -2.14. The summed E-state index contributed by atoms with van der Waals surface area (Å²) in [7, 11) is 0. The lowest BCUT2D eigenvalue weighted by Crippen LogP contribution is -2.37. The molecular formula is C7H7ClO8. The fourth-order valence-corrected chi connectivity index (χ4v) is 1.07. The van der Waals surface area contributed by atoms with E-state index in [0.29, 0.717) is 0 Å². The predicted molar refractivity (Wildman–Crippen MR) is 46.4 cm³/mol. The van der Waals surface area contributed by atoms with Gasteiger partial charge in [-0.25, -0.2) is 0 Å². The maximum Gasteiger partial charge on any atom is 0.325 e. The third kappa shape index (κ3) is 3.73. The van der Waals surface area contributed by atoms with Crippen LogP contribution >= 0.6 is 11.9 Å². The molecule has 90 valence electrons. The van der Waals surface area contributed by atoms with Crippen LogP contribution in [0.1, 0.15) is 6.42 Å². The van der Waals surface area contributed by atoms with Crippen molar-refractivity contribution in [3.8, 4) is 0 Å². The van der Waals surface area contributed by atoms with Gasteiger partial charge in [-0.15, -0.1) is 0 Å². The van der Waals surface area contributed by atoms with E-state index in [2.05, 4.69) is 16.2 Å². The zero-order valence-electron chi connectivity index (χ0n) is 7.62. The van der Waals surface area contributed by atoms with Crippen LogP contribution in [-0.2, 0) is 23.5 Å². The largest absolute Gasteiger partial charge is 0.481 e. The number of carboxylic acids is 3. The van der Waals surface area contributed by atoms with Crippen LogP contribution in [-0.4, -0.2) is 39.2 Å². The van der Waals surface area contributed by atoms with Crippen molar-refractivity contribution in [1.29, 1.82) is 0 Å². The molecule has 0 fully saturated rings. The number of aliphatic carboxylic acids is 3. The number of carbonyl (C=O) groups is 4. The average molecular weight is 255 g/mol. The minimum Gasteiger partial charge on any atom is -0.481 e. The summed E-state index contributed by atoms with van der Waals surface area (Å²) in [5.74, 6) is -10.9. The number of hydrogen-bond acceptors (Lipinski definition) is 5. The zero-order valence-corrected chi connectivity index (χ0v) is 8.38. The second-order valence-electron chi connectivity index (χ2n) is 2.75. The van der Waals surface area contributed by atoms with Crippen LogP contribution in [0.4, 0.5) is 0 Å². The summed E-state index contributed by atoms with van der Waals surface area (Å²) in [6, 6.07) is 0. The lowest BCUT2D eigenvalue weighted by atomic mass is 9.89. The van der Waals surface area contributed by atoms with Gasteiger partial charge in [0.2, 0.25) is 0 Å². The molecule has 1 atom stereocenters. The molecule has 0 bridgehead atoms. The SMILES string of the molecule is O=C(CC(C(=O)O)C(C(=O)O)C(=O)O)OCl. The smallest absolute Gasteiger partial charge is 0.325 e. The van der Waals surface area contributed by atoms with Gasteiger partial charge in [0.05, 0.1) is 12.3 Å². The van der Waals surface area contributed by atoms with Crippen molar-refractivity contribution in [1.82, 2.24) is 0 Å². The highest BCUT2D eigenvalue weighted by atomic mass is 35.5. The molecule has 0 aromatic carbocycles. The van der Waals surface area contributed by atoms with Crippen LogP contribution in [0.2, 0.25) is 0 Å². The third-order valence-electron chi connectivity index (χ3n) is 1.72. The van der Waals surface area contributed by atoms with Gasteiger partial charge in [0.1, 0.15) is 11.9 Å². The van der Waals surface area contributed by atoms with E-state index in [4.69, 9.17) is 15.3 Å². The minimum absolute atomic E-state index is 0.942. The summed E-state index contributed by atoms with van der Waals surface area (Å²) in [6.45, 7) is 0. The number of carboxylic acid groups (broad SMARTS) is 3. The maximum atomic E-state index is 10.7. The standard InChI is InChI=1S/C7H7ClO8/c8-16-3(9)1-2(5(10)11)4(6(12)13)7(14)15/h2,4H,1H2,(H,10,11)(H,12,13)(H,14,15). The molecule has 0 aliphatic carbocycles. The van der Waals surface area contributed by atoms with Gasteiger partial charge >= 0.3 is 23.9 Å². The van der Waals surface area contributed by atoms with Gasteiger partial charge in [0, 0.05) is 0 Å². The number of hydrogen-bond donors (Lipinski definition) is 3. The van der Waals surface area contributed by atoms with E-state index in [0.717, 1.165) is 0 Å². The van der Waals surface area contributed by atoms with Crippen molar-refractivity contribution in [2.75, 3.05) is 0 Å². The van der Waals surface area contributed by atoms with Crippen molar-refractivity contribution in [3.63, 3.8) is 0 Å². The van der Waals surface area contributed by atoms with Gasteiger partial charge in [-0.3, -0.25) is 19.2 Å². The first kappa shape index (κ1) is 14.2. The number of rotatable bonds is 6. The molecule has 3 N–H and O–H groups in total. The fraction of sp³-hybridized carbons (Fsp3) is 0.429. The first-order chi connectivity index (χ1) is 7.31. The van der Waals surface area contributed by atoms with Crippen LogP contribution in [0, 0.1) is 11.8 Å². The molecule has 9 heteroatoms. The molecule has 0 amide bonds. The second kappa shape index (κ2) is 5.91. The Labute approximate surface area is 93.5 Å². The topological polar surface area (TPSA) is 138 Å². The van der Waals surface area contributed by atoms with E-state index in [9.17, 15) is 19.2 Å². The highest BCUT2D eigenvalue weighted by Gasteiger charge is 2.41. The molecule has 0 saturated carbocycles. The van der Waals surface area contributed by atoms with Crippen LogP contribution in [0.5, 0.6) is 0 Å². The van der Waals surface area contributed by atoms with Crippen LogP contribution in [0.15, 0.2) is 0 Å². The Kier molecular flexibility index (Phi) is 5.23. The van der Waals surface area contributed by atoms with Gasteiger partial charge in [-0.05, 0) is 0 Å². The van der Waals surface area contributed by atoms with Crippen LogP contribution in [0.25, 0.3) is 0 Å². The maximum absolute atomic E-state index is 10.7. The fourth-order valence-electron chi connectivity index (χ4n) is 1.01. The van der Waals surface area contributed by atoms with Gasteiger partial charge in [0.25, 0.3) is 0 Å². The monoisotopic (exact) mass is 254 g/mol. The normalized spacial score (nSPS) is 11.9. The molecular weight excluding hydrogens is 248 g/mol. The highest BCUT2D eigenvalue weighted by Crippen LogP contribution is 2.18. The Bertz CT molecular complexity index is 310. The van der Waals surface area contributed by atoms with Crippen molar-refractivity contribution in [2.45, 2.75) is 6.42 Å². The van der Waals surface area contributed by atoms with Crippen molar-refractivity contribution < 1.29 is 38.8 Å². The molecule has 0 heterocycles. The van der Waals surface area contributed by atoms with Gasteiger partial charge < -0.3 is 19.6 Å². The molecule has 0 aliphatic rings. The second-order valence-corrected chi connectivity index (χ2v) is 2.91. The quantitative estimate of drug-likeness (QED) is 0.542. The van der Waals surface area contributed by atoms with Crippen LogP contribution in [0.3, 0.4) is 0 Å². The Morgan fingerprint density at radius 2 is 1.44 bits per heavy atom. The lowest BCUT2D eigenvalue weighted by molar-refractivity contribution is -0.165. The van der Waals surface area contributed by atoms with E-state index in [1.165, 1.54) is 0 Å². The number of halogens is 1. The van der Waals surface area contributed by atoms with Gasteiger partial charge in [-0.2, -0.15) is 0 Å². The summed E-state index contributed by atoms with van der Waals surface area (Å²) < 4.78 is 3.62. The highest BCUT2D eigenvalue weighted by molar-refractivity contribution is 6.13. The summed E-state index contributed by atoms with van der Waals surface area (Å²) in [5, 5.41) is 25.6. The Morgan fingerprint density at radius 1 is 1.00 bits per heavy atom. The van der Waals surface area contributed by atoms with Gasteiger partial charge in [0.15, 0.2) is 5.92 Å². The van der Waals surface area contributed by atoms with E-state index >= 15 is 0 Å². The van der Waals surface area contributed by atoms with Crippen molar-refractivity contribution >= 4 is 35.7 Å². The molecule has 0 saturated heterocycles. The summed E-state index contributed by atoms with van der Waals surface area (Å²) in [6.07, 6.45) is -0.942.